The predicted molar refractivity (Wildman–Crippen MR) is 81.4 cm³/mol. The topological polar surface area (TPSA) is 44.3 Å². The molecule has 3 unspecified atom stereocenters. The van der Waals surface area contributed by atoms with E-state index in [0.29, 0.717) is 16.8 Å². The Balaban J connectivity index is 1.59. The summed E-state index contributed by atoms with van der Waals surface area (Å²) >= 11 is 5.35. The Kier molecular flexibility index (Phi) is 3.35. The molecule has 3 atom stereocenters. The van der Waals surface area contributed by atoms with Crippen LogP contribution in [0.3, 0.4) is 0 Å². The van der Waals surface area contributed by atoms with Crippen LogP contribution in [-0.4, -0.2) is 16.3 Å². The number of rotatable bonds is 2. The number of benzene rings is 1. The minimum atomic E-state index is 0.247. The van der Waals surface area contributed by atoms with Crippen molar-refractivity contribution in [1.29, 1.82) is 0 Å². The molecule has 2 aliphatic rings. The molecule has 0 amide bonds. The molecular weight excluding hydrogens is 256 g/mol. The lowest BCUT2D eigenvalue weighted by atomic mass is 9.96. The van der Waals surface area contributed by atoms with Crippen LogP contribution in [0, 0.1) is 18.8 Å². The van der Waals surface area contributed by atoms with Crippen molar-refractivity contribution in [3.05, 3.63) is 23.8 Å². The minimum Gasteiger partial charge on any atom is -0.506 e. The smallest absolute Gasteiger partial charge is 0.171 e. The number of aryl methyl sites for hydroxylation is 1. The molecule has 0 aliphatic heterocycles. The fourth-order valence-corrected chi connectivity index (χ4v) is 3.76. The van der Waals surface area contributed by atoms with Crippen LogP contribution >= 0.6 is 12.2 Å². The number of phenolic OH excluding ortho intramolecular Hbond substituents is 1. The van der Waals surface area contributed by atoms with E-state index < -0.39 is 0 Å². The van der Waals surface area contributed by atoms with E-state index in [1.165, 1.54) is 25.7 Å². The van der Waals surface area contributed by atoms with Crippen molar-refractivity contribution in [2.24, 2.45) is 11.8 Å². The van der Waals surface area contributed by atoms with Crippen molar-refractivity contribution in [3.8, 4) is 5.75 Å². The Bertz CT molecular complexity index is 503. The van der Waals surface area contributed by atoms with Gasteiger partial charge in [-0.25, -0.2) is 0 Å². The predicted octanol–water partition coefficient (Wildman–Crippen LogP) is 3.18. The Hall–Kier alpha value is -1.29. The molecule has 0 spiro atoms. The van der Waals surface area contributed by atoms with Crippen LogP contribution in [0.25, 0.3) is 0 Å². The normalized spacial score (nSPS) is 28.4. The quantitative estimate of drug-likeness (QED) is 0.573. The van der Waals surface area contributed by atoms with Crippen LogP contribution in [0.1, 0.15) is 31.2 Å². The summed E-state index contributed by atoms with van der Waals surface area (Å²) in [4.78, 5) is 0. The summed E-state index contributed by atoms with van der Waals surface area (Å²) in [6.07, 6.45) is 5.32. The Morgan fingerprint density at radius 2 is 2.16 bits per heavy atom. The van der Waals surface area contributed by atoms with Crippen molar-refractivity contribution in [2.75, 3.05) is 5.32 Å². The van der Waals surface area contributed by atoms with Crippen LogP contribution in [0.4, 0.5) is 5.69 Å². The van der Waals surface area contributed by atoms with Gasteiger partial charge in [-0.05, 0) is 67.9 Å². The highest BCUT2D eigenvalue weighted by Crippen LogP contribution is 2.44. The number of anilines is 1. The van der Waals surface area contributed by atoms with Crippen molar-refractivity contribution in [3.63, 3.8) is 0 Å². The third-order valence-corrected chi connectivity index (χ3v) is 4.68. The highest BCUT2D eigenvalue weighted by Gasteiger charge is 2.39. The molecule has 102 valence electrons. The van der Waals surface area contributed by atoms with Crippen LogP contribution in [-0.2, 0) is 0 Å². The molecule has 0 radical (unpaired) electrons. The third kappa shape index (κ3) is 2.68. The second-order valence-corrected chi connectivity index (χ2v) is 6.31. The number of aromatic hydroxyl groups is 1. The highest BCUT2D eigenvalue weighted by atomic mass is 32.1. The Labute approximate surface area is 119 Å². The molecule has 0 saturated heterocycles. The largest absolute Gasteiger partial charge is 0.506 e. The fourth-order valence-electron chi connectivity index (χ4n) is 3.50. The molecule has 1 aromatic carbocycles. The van der Waals surface area contributed by atoms with Crippen LogP contribution in [0.2, 0.25) is 0 Å². The van der Waals surface area contributed by atoms with Crippen molar-refractivity contribution < 1.29 is 5.11 Å². The molecule has 2 saturated carbocycles. The zero-order chi connectivity index (χ0) is 13.4. The van der Waals surface area contributed by atoms with E-state index >= 15 is 0 Å². The van der Waals surface area contributed by atoms with Crippen molar-refractivity contribution >= 4 is 23.0 Å². The van der Waals surface area contributed by atoms with Crippen LogP contribution in [0.15, 0.2) is 18.2 Å². The summed E-state index contributed by atoms with van der Waals surface area (Å²) in [6, 6.07) is 6.08. The van der Waals surface area contributed by atoms with Crippen LogP contribution in [0.5, 0.6) is 5.75 Å². The highest BCUT2D eigenvalue weighted by molar-refractivity contribution is 7.80. The van der Waals surface area contributed by atoms with Crippen molar-refractivity contribution in [1.82, 2.24) is 5.32 Å². The SMILES string of the molecule is Cc1ccc(NC(=S)NC2CC3CCC2C3)c(O)c1. The molecule has 1 aromatic rings. The molecule has 3 nitrogen and oxygen atoms in total. The van der Waals surface area contributed by atoms with E-state index in [0.717, 1.165) is 17.4 Å². The van der Waals surface area contributed by atoms with Gasteiger partial charge in [-0.2, -0.15) is 0 Å². The summed E-state index contributed by atoms with van der Waals surface area (Å²) in [5.74, 6) is 1.94. The van der Waals surface area contributed by atoms with Crippen LogP contribution < -0.4 is 10.6 Å². The van der Waals surface area contributed by atoms with Gasteiger partial charge in [0.2, 0.25) is 0 Å². The summed E-state index contributed by atoms with van der Waals surface area (Å²) in [5.41, 5.74) is 1.71. The van der Waals surface area contributed by atoms with Gasteiger partial charge in [0.05, 0.1) is 5.69 Å². The molecule has 3 N–H and O–H groups in total. The average Bonchev–Trinajstić information content (AvgIpc) is 2.95. The monoisotopic (exact) mass is 276 g/mol. The molecule has 4 heteroatoms. The fraction of sp³-hybridized carbons (Fsp3) is 0.533. The molecule has 0 heterocycles. The first-order valence-electron chi connectivity index (χ1n) is 6.99. The van der Waals surface area contributed by atoms with Gasteiger partial charge in [-0.1, -0.05) is 12.5 Å². The van der Waals surface area contributed by atoms with Gasteiger partial charge in [0.1, 0.15) is 5.75 Å². The first kappa shape index (κ1) is 12.7. The molecule has 2 bridgehead atoms. The van der Waals surface area contributed by atoms with Crippen molar-refractivity contribution in [2.45, 2.75) is 38.6 Å². The molecular formula is C15H20N2OS. The molecule has 0 aromatic heterocycles. The van der Waals surface area contributed by atoms with Gasteiger partial charge in [0, 0.05) is 6.04 Å². The van der Waals surface area contributed by atoms with E-state index in [-0.39, 0.29) is 5.75 Å². The lowest BCUT2D eigenvalue weighted by Crippen LogP contribution is -2.40. The number of hydrogen-bond donors (Lipinski definition) is 3. The standard InChI is InChI=1S/C15H20N2OS/c1-9-2-5-12(14(18)6-9)16-15(19)17-13-8-10-3-4-11(13)7-10/h2,5-6,10-11,13,18H,3-4,7-8H2,1H3,(H2,16,17,19). The number of phenols is 1. The lowest BCUT2D eigenvalue weighted by molar-refractivity contribution is 0.391. The lowest BCUT2D eigenvalue weighted by Gasteiger charge is -2.24. The van der Waals surface area contributed by atoms with Gasteiger partial charge in [0.25, 0.3) is 0 Å². The number of nitrogens with one attached hydrogen (secondary N) is 2. The third-order valence-electron chi connectivity index (χ3n) is 4.46. The second-order valence-electron chi connectivity index (χ2n) is 5.90. The Morgan fingerprint density at radius 3 is 2.79 bits per heavy atom. The first-order chi connectivity index (χ1) is 9.11. The van der Waals surface area contributed by atoms with Gasteiger partial charge >= 0.3 is 0 Å². The molecule has 3 rings (SSSR count). The van der Waals surface area contributed by atoms with E-state index in [1.54, 1.807) is 6.07 Å². The summed E-state index contributed by atoms with van der Waals surface area (Å²) in [5, 5.41) is 17.0. The summed E-state index contributed by atoms with van der Waals surface area (Å²) in [6.45, 7) is 1.95. The van der Waals surface area contributed by atoms with Gasteiger partial charge < -0.3 is 15.7 Å². The zero-order valence-corrected chi connectivity index (χ0v) is 12.0. The Morgan fingerprint density at radius 1 is 1.32 bits per heavy atom. The van der Waals surface area contributed by atoms with E-state index in [9.17, 15) is 5.11 Å². The first-order valence-corrected chi connectivity index (χ1v) is 7.40. The van der Waals surface area contributed by atoms with Gasteiger partial charge in [-0.15, -0.1) is 0 Å². The maximum Gasteiger partial charge on any atom is 0.171 e. The zero-order valence-electron chi connectivity index (χ0n) is 11.1. The summed E-state index contributed by atoms with van der Waals surface area (Å²) in [7, 11) is 0. The number of hydrogen-bond acceptors (Lipinski definition) is 2. The minimum absolute atomic E-state index is 0.247. The number of fused-ring (bicyclic) bond motifs is 2. The van der Waals surface area contributed by atoms with Gasteiger partial charge in [0.15, 0.2) is 5.11 Å². The van der Waals surface area contributed by atoms with E-state index in [1.807, 2.05) is 19.1 Å². The maximum absolute atomic E-state index is 9.86. The maximum atomic E-state index is 9.86. The number of thiocarbonyl (C=S) groups is 1. The second kappa shape index (κ2) is 5.00. The van der Waals surface area contributed by atoms with Gasteiger partial charge in [-0.3, -0.25) is 0 Å². The van der Waals surface area contributed by atoms with E-state index in [4.69, 9.17) is 12.2 Å². The average molecular weight is 276 g/mol. The molecule has 19 heavy (non-hydrogen) atoms. The van der Waals surface area contributed by atoms with E-state index in [2.05, 4.69) is 10.6 Å². The summed E-state index contributed by atoms with van der Waals surface area (Å²) < 4.78 is 0. The molecule has 2 aliphatic carbocycles. The molecule has 2 fully saturated rings.